The number of rotatable bonds is 10. The number of amides is 1. The quantitative estimate of drug-likeness (QED) is 0.287. The second-order valence-corrected chi connectivity index (χ2v) is 7.63. The monoisotopic (exact) mass is 505 g/mol. The molecule has 0 aliphatic carbocycles. The van der Waals surface area contributed by atoms with Crippen molar-refractivity contribution >= 4 is 35.8 Å². The highest BCUT2D eigenvalue weighted by molar-refractivity contribution is 5.79. The second kappa shape index (κ2) is 13.0. The van der Waals surface area contributed by atoms with E-state index < -0.39 is 85.0 Å². The van der Waals surface area contributed by atoms with Crippen LogP contribution in [0.4, 0.5) is 0 Å². The van der Waals surface area contributed by atoms with Crippen LogP contribution in [0.25, 0.3) is 0 Å². The van der Waals surface area contributed by atoms with E-state index in [4.69, 9.17) is 33.2 Å². The van der Waals surface area contributed by atoms with E-state index in [1.54, 1.807) is 0 Å². The van der Waals surface area contributed by atoms with Gasteiger partial charge in [0.2, 0.25) is 5.91 Å². The average molecular weight is 505 g/mol. The van der Waals surface area contributed by atoms with Gasteiger partial charge < -0.3 is 38.5 Å². The predicted molar refractivity (Wildman–Crippen MR) is 112 cm³/mol. The van der Waals surface area contributed by atoms with E-state index in [9.17, 15) is 28.8 Å². The molecule has 0 unspecified atom stereocenters. The minimum Gasteiger partial charge on any atom is -0.465 e. The van der Waals surface area contributed by atoms with Gasteiger partial charge in [0.25, 0.3) is 5.79 Å². The molecule has 35 heavy (non-hydrogen) atoms. The number of hydrogen-bond acceptors (Lipinski definition) is 13. The maximum atomic E-state index is 12.7. The Morgan fingerprint density at radius 3 is 1.94 bits per heavy atom. The van der Waals surface area contributed by atoms with Crippen LogP contribution in [0.5, 0.6) is 0 Å². The molecule has 198 valence electrons. The molecule has 0 aromatic rings. The number of hydrogen-bond donors (Lipinski definition) is 1. The van der Waals surface area contributed by atoms with Gasteiger partial charge in [0.1, 0.15) is 18.8 Å². The highest BCUT2D eigenvalue weighted by atomic mass is 16.7. The van der Waals surface area contributed by atoms with Gasteiger partial charge in [-0.2, -0.15) is 0 Å². The normalized spacial score (nSPS) is 25.3. The molecule has 0 aromatic carbocycles. The minimum absolute atomic E-state index is 0.411. The lowest BCUT2D eigenvalue weighted by molar-refractivity contribution is -0.307. The SMILES string of the molecule is COC(=O)[C@@]1(OC)C[C@@H](OC(C)=O)[C@@H](NC(C)=O)[C@H]([C@H](OC(C)=O)[C@@H](COC(C)=O)OC(C)=O)O1. The first-order chi connectivity index (χ1) is 16.3. The lowest BCUT2D eigenvalue weighted by atomic mass is 9.88. The molecule has 1 rings (SSSR count). The van der Waals surface area contributed by atoms with Gasteiger partial charge in [0.05, 0.1) is 19.6 Å². The molecule has 1 heterocycles. The van der Waals surface area contributed by atoms with E-state index in [-0.39, 0.29) is 0 Å². The van der Waals surface area contributed by atoms with Crippen molar-refractivity contribution < 1.29 is 61.9 Å². The molecule has 0 radical (unpaired) electrons. The van der Waals surface area contributed by atoms with Gasteiger partial charge in [-0.05, 0) is 0 Å². The molecule has 0 bridgehead atoms. The van der Waals surface area contributed by atoms with E-state index in [1.165, 1.54) is 6.92 Å². The molecule has 0 spiro atoms. The van der Waals surface area contributed by atoms with E-state index in [2.05, 4.69) is 5.32 Å². The zero-order valence-electron chi connectivity index (χ0n) is 20.6. The molecule has 1 fully saturated rings. The fraction of sp³-hybridized carbons (Fsp3) is 0.714. The van der Waals surface area contributed by atoms with Crippen LogP contribution < -0.4 is 5.32 Å². The van der Waals surface area contributed by atoms with E-state index >= 15 is 0 Å². The molecular formula is C21H31NO13. The molecule has 1 saturated heterocycles. The van der Waals surface area contributed by atoms with Crippen LogP contribution in [-0.4, -0.2) is 92.8 Å². The summed E-state index contributed by atoms with van der Waals surface area (Å²) in [5.41, 5.74) is 0. The first kappa shape index (κ1) is 29.8. The topological polar surface area (TPSA) is 179 Å². The van der Waals surface area contributed by atoms with Gasteiger partial charge in [-0.1, -0.05) is 0 Å². The van der Waals surface area contributed by atoms with Gasteiger partial charge in [-0.25, -0.2) is 4.79 Å². The van der Waals surface area contributed by atoms with Crippen molar-refractivity contribution in [3.63, 3.8) is 0 Å². The van der Waals surface area contributed by atoms with Crippen LogP contribution in [0, 0.1) is 0 Å². The summed E-state index contributed by atoms with van der Waals surface area (Å²) in [6.45, 7) is 4.92. The van der Waals surface area contributed by atoms with Crippen LogP contribution >= 0.6 is 0 Å². The Labute approximate surface area is 201 Å². The number of ether oxygens (including phenoxy) is 7. The Bertz CT molecular complexity index is 828. The average Bonchev–Trinajstić information content (AvgIpc) is 2.74. The first-order valence-electron chi connectivity index (χ1n) is 10.5. The number of carbonyl (C=O) groups is 6. The summed E-state index contributed by atoms with van der Waals surface area (Å²) >= 11 is 0. The summed E-state index contributed by atoms with van der Waals surface area (Å²) in [6.07, 6.45) is -6.22. The van der Waals surface area contributed by atoms with Crippen molar-refractivity contribution in [1.29, 1.82) is 0 Å². The second-order valence-electron chi connectivity index (χ2n) is 7.63. The Balaban J connectivity index is 3.72. The highest BCUT2D eigenvalue weighted by Gasteiger charge is 2.58. The van der Waals surface area contributed by atoms with E-state index in [0.29, 0.717) is 0 Å². The molecule has 1 aliphatic heterocycles. The van der Waals surface area contributed by atoms with E-state index in [1.807, 2.05) is 0 Å². The molecule has 0 saturated carbocycles. The van der Waals surface area contributed by atoms with Crippen LogP contribution in [0.15, 0.2) is 0 Å². The summed E-state index contributed by atoms with van der Waals surface area (Å²) < 4.78 is 36.9. The summed E-state index contributed by atoms with van der Waals surface area (Å²) in [5.74, 6) is -6.96. The fourth-order valence-electron chi connectivity index (χ4n) is 3.61. The molecular weight excluding hydrogens is 474 g/mol. The van der Waals surface area contributed by atoms with Crippen molar-refractivity contribution in [3.8, 4) is 0 Å². The van der Waals surface area contributed by atoms with Crippen molar-refractivity contribution in [3.05, 3.63) is 0 Å². The van der Waals surface area contributed by atoms with Gasteiger partial charge in [0.15, 0.2) is 12.2 Å². The van der Waals surface area contributed by atoms with Gasteiger partial charge >= 0.3 is 29.8 Å². The highest BCUT2D eigenvalue weighted by Crippen LogP contribution is 2.36. The number of esters is 5. The van der Waals surface area contributed by atoms with Crippen LogP contribution in [0.1, 0.15) is 41.0 Å². The zero-order chi connectivity index (χ0) is 26.9. The van der Waals surface area contributed by atoms with Crippen molar-refractivity contribution in [1.82, 2.24) is 5.32 Å². The smallest absolute Gasteiger partial charge is 0.366 e. The third-order valence-corrected chi connectivity index (χ3v) is 4.82. The molecule has 1 N–H and O–H groups in total. The predicted octanol–water partition coefficient (Wildman–Crippen LogP) is -0.846. The summed E-state index contributed by atoms with van der Waals surface area (Å²) in [7, 11) is 2.19. The number of nitrogens with one attached hydrogen (secondary N) is 1. The van der Waals surface area contributed by atoms with Crippen LogP contribution in [0.2, 0.25) is 0 Å². The summed E-state index contributed by atoms with van der Waals surface area (Å²) in [4.78, 5) is 71.8. The maximum Gasteiger partial charge on any atom is 0.366 e. The lowest BCUT2D eigenvalue weighted by Crippen LogP contribution is -2.69. The Kier molecular flexibility index (Phi) is 11.1. The third kappa shape index (κ3) is 8.47. The van der Waals surface area contributed by atoms with Gasteiger partial charge in [-0.3, -0.25) is 24.0 Å². The van der Waals surface area contributed by atoms with Crippen LogP contribution in [0.3, 0.4) is 0 Å². The molecule has 0 aromatic heterocycles. The third-order valence-electron chi connectivity index (χ3n) is 4.82. The first-order valence-corrected chi connectivity index (χ1v) is 10.5. The Morgan fingerprint density at radius 2 is 1.51 bits per heavy atom. The molecule has 14 heteroatoms. The fourth-order valence-corrected chi connectivity index (χ4v) is 3.61. The van der Waals surface area contributed by atoms with Gasteiger partial charge in [-0.15, -0.1) is 0 Å². The Morgan fingerprint density at radius 1 is 0.914 bits per heavy atom. The number of carbonyl (C=O) groups excluding carboxylic acids is 6. The Hall–Kier alpha value is -3.26. The van der Waals surface area contributed by atoms with Crippen molar-refractivity contribution in [2.24, 2.45) is 0 Å². The maximum absolute atomic E-state index is 12.7. The lowest BCUT2D eigenvalue weighted by Gasteiger charge is -2.48. The largest absolute Gasteiger partial charge is 0.465 e. The standard InChI is InChI=1S/C21H31NO13/c1-10(23)22-17-15(32-12(3)25)8-21(30-7,20(28)29-6)35-19(17)18(34-14(5)27)16(33-13(4)26)9-31-11(2)24/h15-19H,8-9H2,1-7H3,(H,22,23)/t15-,16-,17-,18-,19-,21-/m1/s1. The van der Waals surface area contributed by atoms with Crippen LogP contribution in [-0.2, 0) is 61.9 Å². The molecule has 1 amide bonds. The molecule has 14 nitrogen and oxygen atoms in total. The molecule has 1 aliphatic rings. The zero-order valence-corrected chi connectivity index (χ0v) is 20.6. The molecule has 6 atom stereocenters. The van der Waals surface area contributed by atoms with Gasteiger partial charge in [0, 0.05) is 41.7 Å². The summed E-state index contributed by atoms with van der Waals surface area (Å²) in [6, 6.07) is -1.23. The van der Waals surface area contributed by atoms with Crippen molar-refractivity contribution in [2.45, 2.75) is 77.3 Å². The van der Waals surface area contributed by atoms with Crippen molar-refractivity contribution in [2.75, 3.05) is 20.8 Å². The minimum atomic E-state index is -2.17. The van der Waals surface area contributed by atoms with E-state index in [0.717, 1.165) is 41.9 Å². The summed E-state index contributed by atoms with van der Waals surface area (Å²) in [5, 5.41) is 2.54. The number of methoxy groups -OCH3 is 2.